The van der Waals surface area contributed by atoms with E-state index in [1.165, 1.54) is 12.1 Å². The summed E-state index contributed by atoms with van der Waals surface area (Å²) in [5.74, 6) is 0.113. The minimum atomic E-state index is -4.45. The zero-order valence-corrected chi connectivity index (χ0v) is 19.4. The Labute approximate surface area is 203 Å². The minimum Gasteiger partial charge on any atom is -0.339 e. The normalized spacial score (nSPS) is 14.9. The number of rotatable bonds is 4. The van der Waals surface area contributed by atoms with Gasteiger partial charge >= 0.3 is 6.18 Å². The van der Waals surface area contributed by atoms with E-state index in [1.807, 2.05) is 31.2 Å². The highest BCUT2D eigenvalue weighted by molar-refractivity contribution is 5.94. The number of alkyl halides is 3. The number of benzene rings is 2. The fourth-order valence-electron chi connectivity index (χ4n) is 4.39. The summed E-state index contributed by atoms with van der Waals surface area (Å²) < 4.78 is 40.0. The van der Waals surface area contributed by atoms with E-state index in [4.69, 9.17) is 0 Å². The van der Waals surface area contributed by atoms with Gasteiger partial charge in [0.25, 0.3) is 11.5 Å². The third-order valence-electron chi connectivity index (χ3n) is 6.47. The maximum absolute atomic E-state index is 12.8. The molecule has 1 N–H and O–H groups in total. The van der Waals surface area contributed by atoms with Crippen LogP contribution in [-0.4, -0.2) is 48.9 Å². The van der Waals surface area contributed by atoms with Gasteiger partial charge in [-0.1, -0.05) is 35.0 Å². The Morgan fingerprint density at radius 2 is 1.72 bits per heavy atom. The Morgan fingerprint density at radius 1 is 1.06 bits per heavy atom. The van der Waals surface area contributed by atoms with Crippen LogP contribution >= 0.6 is 0 Å². The number of piperidine rings is 1. The van der Waals surface area contributed by atoms with Crippen molar-refractivity contribution in [2.24, 2.45) is 0 Å². The van der Waals surface area contributed by atoms with Gasteiger partial charge in [0.1, 0.15) is 5.82 Å². The topological polar surface area (TPSA) is 96.8 Å². The molecule has 0 radical (unpaired) electrons. The molecule has 5 rings (SSSR count). The molecule has 2 aromatic carbocycles. The van der Waals surface area contributed by atoms with Crippen LogP contribution in [0.5, 0.6) is 0 Å². The molecule has 4 aromatic rings. The Morgan fingerprint density at radius 3 is 2.36 bits per heavy atom. The lowest BCUT2D eigenvalue weighted by atomic mass is 9.95. The van der Waals surface area contributed by atoms with E-state index < -0.39 is 11.7 Å². The summed E-state index contributed by atoms with van der Waals surface area (Å²) in [5.41, 5.74) is 1.76. The molecule has 0 aliphatic carbocycles. The lowest BCUT2D eigenvalue weighted by molar-refractivity contribution is -0.137. The Kier molecular flexibility index (Phi) is 6.07. The fraction of sp³-hybridized carbons (Fsp3) is 0.320. The number of carbonyl (C=O) groups excluding carboxylic acids is 1. The highest BCUT2D eigenvalue weighted by atomic mass is 19.4. The van der Waals surface area contributed by atoms with Gasteiger partial charge in [-0.15, -0.1) is 5.10 Å². The molecule has 1 saturated heterocycles. The van der Waals surface area contributed by atoms with Crippen molar-refractivity contribution in [1.29, 1.82) is 0 Å². The molecule has 0 saturated carbocycles. The molecule has 1 fully saturated rings. The second-order valence-electron chi connectivity index (χ2n) is 9.00. The van der Waals surface area contributed by atoms with Gasteiger partial charge < -0.3 is 9.88 Å². The average molecular weight is 496 g/mol. The maximum Gasteiger partial charge on any atom is 0.416 e. The molecule has 0 atom stereocenters. The predicted octanol–water partition coefficient (Wildman–Crippen LogP) is 3.91. The average Bonchev–Trinajstić information content (AvgIpc) is 3.28. The summed E-state index contributed by atoms with van der Waals surface area (Å²) in [6.07, 6.45) is -3.34. The van der Waals surface area contributed by atoms with Gasteiger partial charge in [-0.3, -0.25) is 9.59 Å². The number of hydrogen-bond acceptors (Lipinski definition) is 5. The van der Waals surface area contributed by atoms with Gasteiger partial charge in [0.05, 0.1) is 12.1 Å². The SMILES string of the molecule is Cc1ccc(Cn2nnc3c(=O)[nH]c(C4CCN(C(=O)c5ccc(C(F)(F)F)cc5)CC4)nc32)cc1. The van der Waals surface area contributed by atoms with Crippen LogP contribution in [0.15, 0.2) is 53.3 Å². The van der Waals surface area contributed by atoms with Gasteiger partial charge in [0.15, 0.2) is 11.2 Å². The molecule has 1 aliphatic heterocycles. The van der Waals surface area contributed by atoms with E-state index in [9.17, 15) is 22.8 Å². The number of aryl methyl sites for hydroxylation is 1. The summed E-state index contributed by atoms with van der Waals surface area (Å²) in [4.78, 5) is 34.5. The van der Waals surface area contributed by atoms with Crippen LogP contribution in [0.25, 0.3) is 11.2 Å². The second kappa shape index (κ2) is 9.21. The first-order valence-electron chi connectivity index (χ1n) is 11.5. The number of likely N-dealkylation sites (tertiary alicyclic amines) is 1. The minimum absolute atomic E-state index is 0.0820. The number of amides is 1. The van der Waals surface area contributed by atoms with Crippen molar-refractivity contribution in [1.82, 2.24) is 29.9 Å². The molecule has 3 heterocycles. The van der Waals surface area contributed by atoms with Gasteiger partial charge in [-0.05, 0) is 49.6 Å². The summed E-state index contributed by atoms with van der Waals surface area (Å²) in [7, 11) is 0. The van der Waals surface area contributed by atoms with Crippen LogP contribution in [0.2, 0.25) is 0 Å². The summed E-state index contributed by atoms with van der Waals surface area (Å²) in [6, 6.07) is 12.2. The molecule has 36 heavy (non-hydrogen) atoms. The number of nitrogens with zero attached hydrogens (tertiary/aromatic N) is 5. The largest absolute Gasteiger partial charge is 0.416 e. The number of halogens is 3. The van der Waals surface area contributed by atoms with Crippen LogP contribution in [0, 0.1) is 6.92 Å². The number of aromatic nitrogens is 5. The lowest BCUT2D eigenvalue weighted by Gasteiger charge is -2.31. The van der Waals surface area contributed by atoms with Crippen LogP contribution in [-0.2, 0) is 12.7 Å². The van der Waals surface area contributed by atoms with E-state index in [1.54, 1.807) is 9.58 Å². The van der Waals surface area contributed by atoms with Crippen molar-refractivity contribution >= 4 is 17.1 Å². The van der Waals surface area contributed by atoms with E-state index >= 15 is 0 Å². The van der Waals surface area contributed by atoms with Gasteiger partial charge in [-0.2, -0.15) is 13.2 Å². The van der Waals surface area contributed by atoms with Crippen molar-refractivity contribution in [3.05, 3.63) is 87.0 Å². The van der Waals surface area contributed by atoms with E-state index in [-0.39, 0.29) is 28.5 Å². The van der Waals surface area contributed by atoms with E-state index in [2.05, 4.69) is 20.3 Å². The number of nitrogens with one attached hydrogen (secondary N) is 1. The molecule has 186 valence electrons. The molecule has 8 nitrogen and oxygen atoms in total. The third-order valence-corrected chi connectivity index (χ3v) is 6.47. The van der Waals surface area contributed by atoms with E-state index in [0.29, 0.717) is 43.9 Å². The molecule has 1 amide bonds. The zero-order valence-electron chi connectivity index (χ0n) is 19.4. The first-order valence-corrected chi connectivity index (χ1v) is 11.5. The van der Waals surface area contributed by atoms with E-state index in [0.717, 1.165) is 23.3 Å². The van der Waals surface area contributed by atoms with Crippen LogP contribution in [0.1, 0.15) is 51.6 Å². The van der Waals surface area contributed by atoms with Crippen molar-refractivity contribution in [3.8, 4) is 0 Å². The Bertz CT molecular complexity index is 1450. The molecular weight excluding hydrogens is 473 g/mol. The fourth-order valence-corrected chi connectivity index (χ4v) is 4.39. The second-order valence-corrected chi connectivity index (χ2v) is 9.00. The van der Waals surface area contributed by atoms with Crippen molar-refractivity contribution in [2.45, 2.75) is 38.4 Å². The van der Waals surface area contributed by atoms with Crippen LogP contribution < -0.4 is 5.56 Å². The van der Waals surface area contributed by atoms with Crippen molar-refractivity contribution < 1.29 is 18.0 Å². The van der Waals surface area contributed by atoms with Gasteiger partial charge in [-0.25, -0.2) is 9.67 Å². The van der Waals surface area contributed by atoms with Gasteiger partial charge in [0.2, 0.25) is 0 Å². The highest BCUT2D eigenvalue weighted by Gasteiger charge is 2.31. The lowest BCUT2D eigenvalue weighted by Crippen LogP contribution is -2.38. The number of fused-ring (bicyclic) bond motifs is 1. The van der Waals surface area contributed by atoms with Crippen molar-refractivity contribution in [3.63, 3.8) is 0 Å². The van der Waals surface area contributed by atoms with Crippen molar-refractivity contribution in [2.75, 3.05) is 13.1 Å². The number of carbonyl (C=O) groups is 1. The molecule has 2 aromatic heterocycles. The zero-order chi connectivity index (χ0) is 25.4. The molecule has 1 aliphatic rings. The third kappa shape index (κ3) is 4.73. The maximum atomic E-state index is 12.8. The summed E-state index contributed by atoms with van der Waals surface area (Å²) >= 11 is 0. The number of aromatic amines is 1. The Balaban J connectivity index is 1.30. The first kappa shape index (κ1) is 23.7. The standard InChI is InChI=1S/C25H23F3N6O2/c1-15-2-4-16(5-3-15)14-34-22-20(31-32-34)23(35)30-21(29-22)17-10-12-33(13-11-17)24(36)18-6-8-19(9-7-18)25(26,27)28/h2-9,17H,10-14H2,1H3,(H,29,30,35). The summed E-state index contributed by atoms with van der Waals surface area (Å²) in [5, 5.41) is 8.10. The van der Waals surface area contributed by atoms with Crippen LogP contribution in [0.4, 0.5) is 13.2 Å². The molecule has 0 bridgehead atoms. The predicted molar refractivity (Wildman–Crippen MR) is 126 cm³/mol. The monoisotopic (exact) mass is 496 g/mol. The number of H-pyrrole nitrogens is 1. The smallest absolute Gasteiger partial charge is 0.339 e. The molecule has 0 spiro atoms. The molecule has 11 heteroatoms. The summed E-state index contributed by atoms with van der Waals surface area (Å²) in [6.45, 7) is 3.22. The first-order chi connectivity index (χ1) is 17.2. The molecule has 0 unspecified atom stereocenters. The molecular formula is C25H23F3N6O2. The van der Waals surface area contributed by atoms with Gasteiger partial charge in [0, 0.05) is 24.6 Å². The Hall–Kier alpha value is -4.02. The quantitative estimate of drug-likeness (QED) is 0.462. The number of hydrogen-bond donors (Lipinski definition) is 1. The highest BCUT2D eigenvalue weighted by Crippen LogP contribution is 2.30. The van der Waals surface area contributed by atoms with Crippen LogP contribution in [0.3, 0.4) is 0 Å².